The first-order valence-corrected chi connectivity index (χ1v) is 4.64. The van der Waals surface area contributed by atoms with Crippen LogP contribution in [-0.4, -0.2) is 12.3 Å². The van der Waals surface area contributed by atoms with Crippen molar-refractivity contribution in [3.63, 3.8) is 0 Å². The van der Waals surface area contributed by atoms with Crippen molar-refractivity contribution in [3.05, 3.63) is 23.7 Å². The lowest BCUT2D eigenvalue weighted by atomic mass is 9.97. The Bertz CT molecular complexity index is 357. The van der Waals surface area contributed by atoms with Gasteiger partial charge in [-0.3, -0.25) is 9.59 Å². The molecule has 0 radical (unpaired) electrons. The Morgan fingerprint density at radius 1 is 1.53 bits per heavy atom. The molecule has 0 spiro atoms. The Kier molecular flexibility index (Phi) is 3.29. The van der Waals surface area contributed by atoms with E-state index in [9.17, 15) is 9.59 Å². The Hall–Kier alpha value is -1.58. The molecule has 0 saturated heterocycles. The van der Waals surface area contributed by atoms with Gasteiger partial charge in [0.1, 0.15) is 6.61 Å². The van der Waals surface area contributed by atoms with Crippen molar-refractivity contribution in [3.8, 4) is 0 Å². The first kappa shape index (κ1) is 11.5. The Morgan fingerprint density at radius 3 is 2.73 bits per heavy atom. The molecule has 4 heteroatoms. The van der Waals surface area contributed by atoms with Crippen molar-refractivity contribution in [2.45, 2.75) is 27.4 Å². The summed E-state index contributed by atoms with van der Waals surface area (Å²) in [6.45, 7) is 5.38. The van der Waals surface area contributed by atoms with E-state index in [4.69, 9.17) is 9.15 Å². The maximum Gasteiger partial charge on any atom is 0.311 e. The van der Waals surface area contributed by atoms with Gasteiger partial charge in [-0.15, -0.1) is 0 Å². The summed E-state index contributed by atoms with van der Waals surface area (Å²) in [5.74, 6) is -0.0998. The standard InChI is InChI=1S/C11H14O4/c1-11(2,3)10(13)15-7-8-4-5-14-9(8)6-12/h4-6H,7H2,1-3H3. The van der Waals surface area contributed by atoms with Crippen LogP contribution in [-0.2, 0) is 16.1 Å². The van der Waals surface area contributed by atoms with E-state index < -0.39 is 5.41 Å². The van der Waals surface area contributed by atoms with Crippen LogP contribution >= 0.6 is 0 Å². The summed E-state index contributed by atoms with van der Waals surface area (Å²) in [5.41, 5.74) is 0.0491. The van der Waals surface area contributed by atoms with E-state index in [0.29, 0.717) is 11.8 Å². The lowest BCUT2D eigenvalue weighted by Crippen LogP contribution is -2.22. The maximum atomic E-state index is 11.4. The summed E-state index contributed by atoms with van der Waals surface area (Å²) in [4.78, 5) is 21.9. The number of carbonyl (C=O) groups excluding carboxylic acids is 2. The number of hydrogen-bond donors (Lipinski definition) is 0. The predicted molar refractivity (Wildman–Crippen MR) is 53.3 cm³/mol. The molecule has 0 bridgehead atoms. The molecule has 1 rings (SSSR count). The number of ether oxygens (including phenoxy) is 1. The van der Waals surface area contributed by atoms with Gasteiger partial charge in [0.25, 0.3) is 0 Å². The van der Waals surface area contributed by atoms with E-state index in [-0.39, 0.29) is 18.3 Å². The molecular formula is C11H14O4. The van der Waals surface area contributed by atoms with Crippen LogP contribution in [0.5, 0.6) is 0 Å². The van der Waals surface area contributed by atoms with Crippen LogP contribution in [0.4, 0.5) is 0 Å². The van der Waals surface area contributed by atoms with Crippen LogP contribution in [0.25, 0.3) is 0 Å². The number of hydrogen-bond acceptors (Lipinski definition) is 4. The molecule has 0 aliphatic carbocycles. The van der Waals surface area contributed by atoms with Crippen molar-refractivity contribution < 1.29 is 18.7 Å². The van der Waals surface area contributed by atoms with Crippen molar-refractivity contribution in [2.24, 2.45) is 5.41 Å². The van der Waals surface area contributed by atoms with E-state index in [1.165, 1.54) is 6.26 Å². The second kappa shape index (κ2) is 4.29. The molecule has 0 aliphatic rings. The molecule has 0 aromatic carbocycles. The van der Waals surface area contributed by atoms with E-state index in [1.807, 2.05) is 0 Å². The van der Waals surface area contributed by atoms with E-state index in [1.54, 1.807) is 26.8 Å². The Labute approximate surface area is 88.2 Å². The van der Waals surface area contributed by atoms with Gasteiger partial charge >= 0.3 is 5.97 Å². The van der Waals surface area contributed by atoms with Crippen molar-refractivity contribution in [1.82, 2.24) is 0 Å². The molecule has 15 heavy (non-hydrogen) atoms. The second-order valence-electron chi connectivity index (χ2n) is 4.25. The van der Waals surface area contributed by atoms with Crippen LogP contribution in [0.3, 0.4) is 0 Å². The highest BCUT2D eigenvalue weighted by molar-refractivity contribution is 5.76. The van der Waals surface area contributed by atoms with Gasteiger partial charge in [-0.05, 0) is 26.8 Å². The first-order valence-electron chi connectivity index (χ1n) is 4.64. The van der Waals surface area contributed by atoms with Gasteiger partial charge in [0, 0.05) is 5.56 Å². The molecule has 0 atom stereocenters. The summed E-state index contributed by atoms with van der Waals surface area (Å²) >= 11 is 0. The van der Waals surface area contributed by atoms with Gasteiger partial charge in [0.05, 0.1) is 11.7 Å². The lowest BCUT2D eigenvalue weighted by molar-refractivity contribution is -0.154. The van der Waals surface area contributed by atoms with E-state index in [2.05, 4.69) is 0 Å². The molecule has 0 amide bonds. The Morgan fingerprint density at radius 2 is 2.20 bits per heavy atom. The summed E-state index contributed by atoms with van der Waals surface area (Å²) < 4.78 is 9.91. The fourth-order valence-corrected chi connectivity index (χ4v) is 0.930. The van der Waals surface area contributed by atoms with Crippen LogP contribution in [0.1, 0.15) is 36.9 Å². The minimum absolute atomic E-state index is 0.0701. The molecule has 0 saturated carbocycles. The third kappa shape index (κ3) is 2.94. The molecule has 0 unspecified atom stereocenters. The average molecular weight is 210 g/mol. The van der Waals surface area contributed by atoms with Gasteiger partial charge in [-0.1, -0.05) is 0 Å². The quantitative estimate of drug-likeness (QED) is 0.566. The molecule has 0 aliphatic heterocycles. The molecule has 0 N–H and O–H groups in total. The zero-order chi connectivity index (χ0) is 11.5. The third-order valence-corrected chi connectivity index (χ3v) is 1.86. The van der Waals surface area contributed by atoms with E-state index >= 15 is 0 Å². The number of furan rings is 1. The molecule has 4 nitrogen and oxygen atoms in total. The smallest absolute Gasteiger partial charge is 0.311 e. The monoisotopic (exact) mass is 210 g/mol. The van der Waals surface area contributed by atoms with Crippen LogP contribution in [0, 0.1) is 5.41 Å². The largest absolute Gasteiger partial charge is 0.461 e. The SMILES string of the molecule is CC(C)(C)C(=O)OCc1ccoc1C=O. The maximum absolute atomic E-state index is 11.4. The summed E-state index contributed by atoms with van der Waals surface area (Å²) in [5, 5.41) is 0. The van der Waals surface area contributed by atoms with E-state index in [0.717, 1.165) is 0 Å². The van der Waals surface area contributed by atoms with Gasteiger partial charge < -0.3 is 9.15 Å². The molecule has 1 aromatic heterocycles. The number of rotatable bonds is 3. The minimum atomic E-state index is -0.537. The molecule has 82 valence electrons. The topological polar surface area (TPSA) is 56.5 Å². The van der Waals surface area contributed by atoms with Gasteiger partial charge in [0.2, 0.25) is 0 Å². The number of aldehydes is 1. The van der Waals surface area contributed by atoms with Crippen molar-refractivity contribution >= 4 is 12.3 Å². The number of esters is 1. The fraction of sp³-hybridized carbons (Fsp3) is 0.455. The fourth-order valence-electron chi connectivity index (χ4n) is 0.930. The second-order valence-corrected chi connectivity index (χ2v) is 4.25. The normalized spacial score (nSPS) is 11.1. The van der Waals surface area contributed by atoms with Gasteiger partial charge in [-0.2, -0.15) is 0 Å². The molecular weight excluding hydrogens is 196 g/mol. The third-order valence-electron chi connectivity index (χ3n) is 1.86. The van der Waals surface area contributed by atoms with Crippen LogP contribution in [0.15, 0.2) is 16.7 Å². The summed E-state index contributed by atoms with van der Waals surface area (Å²) in [7, 11) is 0. The lowest BCUT2D eigenvalue weighted by Gasteiger charge is -2.16. The van der Waals surface area contributed by atoms with Gasteiger partial charge in [-0.25, -0.2) is 0 Å². The van der Waals surface area contributed by atoms with Crippen molar-refractivity contribution in [1.29, 1.82) is 0 Å². The zero-order valence-corrected chi connectivity index (χ0v) is 9.07. The summed E-state index contributed by atoms with van der Waals surface area (Å²) in [6.07, 6.45) is 1.99. The minimum Gasteiger partial charge on any atom is -0.461 e. The van der Waals surface area contributed by atoms with Crippen LogP contribution < -0.4 is 0 Å². The van der Waals surface area contributed by atoms with Gasteiger partial charge in [0.15, 0.2) is 12.0 Å². The Balaban J connectivity index is 2.58. The average Bonchev–Trinajstić information content (AvgIpc) is 2.59. The van der Waals surface area contributed by atoms with Crippen LogP contribution in [0.2, 0.25) is 0 Å². The molecule has 0 fully saturated rings. The van der Waals surface area contributed by atoms with Crippen molar-refractivity contribution in [2.75, 3.05) is 0 Å². The summed E-state index contributed by atoms with van der Waals surface area (Å²) in [6, 6.07) is 1.61. The predicted octanol–water partition coefficient (Wildman–Crippen LogP) is 2.18. The highest BCUT2D eigenvalue weighted by Gasteiger charge is 2.23. The molecule has 1 aromatic rings. The highest BCUT2D eigenvalue weighted by Crippen LogP contribution is 2.17. The first-order chi connectivity index (χ1) is 6.95. The zero-order valence-electron chi connectivity index (χ0n) is 9.07. The highest BCUT2D eigenvalue weighted by atomic mass is 16.5. The number of carbonyl (C=O) groups is 2. The molecule has 1 heterocycles.